The number of aliphatic hydroxyl groups is 1. The first kappa shape index (κ1) is 11.1. The molecule has 15 heavy (non-hydrogen) atoms. The molecule has 1 fully saturated rings. The molecule has 3 heteroatoms. The highest BCUT2D eigenvalue weighted by Gasteiger charge is 2.30. The van der Waals surface area contributed by atoms with Gasteiger partial charge in [0.1, 0.15) is 0 Å². The van der Waals surface area contributed by atoms with Crippen molar-refractivity contribution in [2.45, 2.75) is 38.2 Å². The zero-order valence-electron chi connectivity index (χ0n) is 9.25. The summed E-state index contributed by atoms with van der Waals surface area (Å²) < 4.78 is 0. The molecule has 0 aromatic carbocycles. The Morgan fingerprint density at radius 2 is 2.47 bits per heavy atom. The fraction of sp³-hybridized carbons (Fsp3) is 0.667. The number of hydrogen-bond acceptors (Lipinski definition) is 3. The molecule has 1 unspecified atom stereocenters. The second-order valence-electron chi connectivity index (χ2n) is 4.40. The first-order chi connectivity index (χ1) is 7.23. The van der Waals surface area contributed by atoms with Crippen molar-refractivity contribution in [1.29, 1.82) is 0 Å². The molecule has 2 rings (SSSR count). The van der Waals surface area contributed by atoms with Crippen LogP contribution in [-0.2, 0) is 12.8 Å². The molecule has 2 heterocycles. The number of β-amino-alcohol motifs (C(OH)–C–C–N with tert-alkyl or cyclic N) is 1. The number of nitrogens with one attached hydrogen (secondary N) is 1. The van der Waals surface area contributed by atoms with Crippen LogP contribution in [0.1, 0.15) is 30.2 Å². The Morgan fingerprint density at radius 1 is 1.60 bits per heavy atom. The van der Waals surface area contributed by atoms with Crippen molar-refractivity contribution in [3.63, 3.8) is 0 Å². The highest BCUT2D eigenvalue weighted by Crippen LogP contribution is 2.26. The smallest absolute Gasteiger partial charge is 0.0820 e. The van der Waals surface area contributed by atoms with Crippen LogP contribution in [0.3, 0.4) is 0 Å². The summed E-state index contributed by atoms with van der Waals surface area (Å²) in [5.74, 6) is 0. The van der Waals surface area contributed by atoms with E-state index in [2.05, 4.69) is 23.7 Å². The maximum Gasteiger partial charge on any atom is 0.0820 e. The molecule has 0 radical (unpaired) electrons. The molecular weight excluding hydrogens is 206 g/mol. The molecule has 0 amide bonds. The van der Waals surface area contributed by atoms with Crippen LogP contribution < -0.4 is 5.32 Å². The SMILES string of the molecule is CCc1ccsc1CC1(O)CCCNC1. The van der Waals surface area contributed by atoms with E-state index in [0.29, 0.717) is 0 Å². The first-order valence-electron chi connectivity index (χ1n) is 5.72. The van der Waals surface area contributed by atoms with Gasteiger partial charge < -0.3 is 10.4 Å². The van der Waals surface area contributed by atoms with Gasteiger partial charge >= 0.3 is 0 Å². The van der Waals surface area contributed by atoms with Gasteiger partial charge in [-0.3, -0.25) is 0 Å². The fourth-order valence-electron chi connectivity index (χ4n) is 2.24. The van der Waals surface area contributed by atoms with Crippen molar-refractivity contribution in [2.75, 3.05) is 13.1 Å². The minimum Gasteiger partial charge on any atom is -0.388 e. The maximum atomic E-state index is 10.4. The van der Waals surface area contributed by atoms with Gasteiger partial charge in [0.2, 0.25) is 0 Å². The average molecular weight is 225 g/mol. The van der Waals surface area contributed by atoms with Crippen molar-refractivity contribution in [1.82, 2.24) is 5.32 Å². The molecule has 1 atom stereocenters. The molecule has 2 nitrogen and oxygen atoms in total. The Morgan fingerprint density at radius 3 is 3.13 bits per heavy atom. The van der Waals surface area contributed by atoms with Crippen molar-refractivity contribution < 1.29 is 5.11 Å². The maximum absolute atomic E-state index is 10.4. The van der Waals surface area contributed by atoms with Crippen LogP contribution in [0.2, 0.25) is 0 Å². The van der Waals surface area contributed by atoms with Gasteiger partial charge in [-0.2, -0.15) is 0 Å². The summed E-state index contributed by atoms with van der Waals surface area (Å²) in [4.78, 5) is 1.36. The fourth-order valence-corrected chi connectivity index (χ4v) is 3.35. The number of hydrogen-bond donors (Lipinski definition) is 2. The number of piperidine rings is 1. The van der Waals surface area contributed by atoms with Gasteiger partial charge in [-0.05, 0) is 42.8 Å². The molecular formula is C12H19NOS. The van der Waals surface area contributed by atoms with Crippen LogP contribution in [0.5, 0.6) is 0 Å². The molecule has 0 spiro atoms. The second-order valence-corrected chi connectivity index (χ2v) is 5.40. The molecule has 2 N–H and O–H groups in total. The summed E-state index contributed by atoms with van der Waals surface area (Å²) in [5.41, 5.74) is 0.895. The van der Waals surface area contributed by atoms with E-state index in [1.54, 1.807) is 11.3 Å². The number of thiophene rings is 1. The van der Waals surface area contributed by atoms with E-state index in [-0.39, 0.29) is 0 Å². The van der Waals surface area contributed by atoms with Crippen LogP contribution in [0.4, 0.5) is 0 Å². The average Bonchev–Trinajstić information content (AvgIpc) is 2.65. The Kier molecular flexibility index (Phi) is 3.44. The molecule has 1 aromatic rings. The van der Waals surface area contributed by atoms with Gasteiger partial charge in [0.05, 0.1) is 5.60 Å². The van der Waals surface area contributed by atoms with Gasteiger partial charge in [-0.1, -0.05) is 6.92 Å². The highest BCUT2D eigenvalue weighted by atomic mass is 32.1. The van der Waals surface area contributed by atoms with Crippen molar-refractivity contribution in [3.8, 4) is 0 Å². The summed E-state index contributed by atoms with van der Waals surface area (Å²) in [6.07, 6.45) is 3.91. The van der Waals surface area contributed by atoms with Gasteiger partial charge in [0.25, 0.3) is 0 Å². The predicted octanol–water partition coefficient (Wildman–Crippen LogP) is 1.97. The molecule has 0 bridgehead atoms. The molecule has 84 valence electrons. The Labute approximate surface area is 95.3 Å². The Bertz CT molecular complexity index is 315. The molecule has 1 aliphatic heterocycles. The predicted molar refractivity (Wildman–Crippen MR) is 64.5 cm³/mol. The zero-order valence-corrected chi connectivity index (χ0v) is 10.1. The summed E-state index contributed by atoms with van der Waals surface area (Å²) >= 11 is 1.78. The van der Waals surface area contributed by atoms with Crippen molar-refractivity contribution in [3.05, 3.63) is 21.9 Å². The lowest BCUT2D eigenvalue weighted by Gasteiger charge is -2.32. The Hall–Kier alpha value is -0.380. The summed E-state index contributed by atoms with van der Waals surface area (Å²) in [6.45, 7) is 3.97. The first-order valence-corrected chi connectivity index (χ1v) is 6.60. The summed E-state index contributed by atoms with van der Waals surface area (Å²) in [6, 6.07) is 2.18. The van der Waals surface area contributed by atoms with Crippen LogP contribution in [0.25, 0.3) is 0 Å². The molecule has 1 aromatic heterocycles. The topological polar surface area (TPSA) is 32.3 Å². The van der Waals surface area contributed by atoms with E-state index in [1.165, 1.54) is 10.4 Å². The zero-order chi connectivity index (χ0) is 10.7. The van der Waals surface area contributed by atoms with Gasteiger partial charge in [0.15, 0.2) is 0 Å². The third-order valence-electron chi connectivity index (χ3n) is 3.16. The van der Waals surface area contributed by atoms with E-state index >= 15 is 0 Å². The number of aryl methyl sites for hydroxylation is 1. The summed E-state index contributed by atoms with van der Waals surface area (Å²) in [5, 5.41) is 15.8. The lowest BCUT2D eigenvalue weighted by Crippen LogP contribution is -2.47. The van der Waals surface area contributed by atoms with Crippen LogP contribution >= 0.6 is 11.3 Å². The van der Waals surface area contributed by atoms with E-state index in [1.807, 2.05) is 0 Å². The van der Waals surface area contributed by atoms with Gasteiger partial charge in [-0.25, -0.2) is 0 Å². The standard InChI is InChI=1S/C12H19NOS/c1-2-10-4-7-15-11(10)8-12(14)5-3-6-13-9-12/h4,7,13-14H,2-3,5-6,8-9H2,1H3. The van der Waals surface area contributed by atoms with Crippen molar-refractivity contribution in [2.24, 2.45) is 0 Å². The van der Waals surface area contributed by atoms with E-state index in [4.69, 9.17) is 0 Å². The molecule has 1 saturated heterocycles. The minimum atomic E-state index is -0.507. The van der Waals surface area contributed by atoms with E-state index < -0.39 is 5.60 Å². The lowest BCUT2D eigenvalue weighted by atomic mass is 9.89. The highest BCUT2D eigenvalue weighted by molar-refractivity contribution is 7.10. The second kappa shape index (κ2) is 4.64. The lowest BCUT2D eigenvalue weighted by molar-refractivity contribution is 0.0175. The monoisotopic (exact) mass is 225 g/mol. The molecule has 1 aliphatic rings. The summed E-state index contributed by atoms with van der Waals surface area (Å²) in [7, 11) is 0. The number of rotatable bonds is 3. The van der Waals surface area contributed by atoms with Crippen LogP contribution in [-0.4, -0.2) is 23.8 Å². The quantitative estimate of drug-likeness (QED) is 0.824. The van der Waals surface area contributed by atoms with Gasteiger partial charge in [-0.15, -0.1) is 11.3 Å². The molecule has 0 saturated carbocycles. The van der Waals surface area contributed by atoms with Crippen LogP contribution in [0, 0.1) is 0 Å². The minimum absolute atomic E-state index is 0.507. The largest absolute Gasteiger partial charge is 0.388 e. The third kappa shape index (κ3) is 2.60. The molecule has 0 aliphatic carbocycles. The van der Waals surface area contributed by atoms with Crippen LogP contribution in [0.15, 0.2) is 11.4 Å². The third-order valence-corrected chi connectivity index (χ3v) is 4.12. The van der Waals surface area contributed by atoms with E-state index in [9.17, 15) is 5.11 Å². The van der Waals surface area contributed by atoms with Gasteiger partial charge in [0, 0.05) is 17.8 Å². The van der Waals surface area contributed by atoms with E-state index in [0.717, 1.165) is 38.8 Å². The normalized spacial score (nSPS) is 26.8. The Balaban J connectivity index is 2.06. The van der Waals surface area contributed by atoms with Crippen molar-refractivity contribution >= 4 is 11.3 Å².